The second-order valence-corrected chi connectivity index (χ2v) is 2.27. The fourth-order valence-electron chi connectivity index (χ4n) is 0.802. The Morgan fingerprint density at radius 1 is 1.23 bits per heavy atom. The molecule has 13 heavy (non-hydrogen) atoms. The molecule has 0 saturated carbocycles. The predicted octanol–water partition coefficient (Wildman–Crippen LogP) is 1.36. The summed E-state index contributed by atoms with van der Waals surface area (Å²) in [6.45, 7) is 0. The van der Waals surface area contributed by atoms with Crippen molar-refractivity contribution < 1.29 is 20.3 Å². The van der Waals surface area contributed by atoms with Crippen molar-refractivity contribution in [2.24, 2.45) is 0 Å². The summed E-state index contributed by atoms with van der Waals surface area (Å²) in [5.41, 5.74) is 0.508. The average Bonchev–Trinajstić information content (AvgIpc) is 2.04. The highest BCUT2D eigenvalue weighted by Crippen LogP contribution is 2.14. The molecule has 0 fully saturated rings. The Morgan fingerprint density at radius 2 is 1.77 bits per heavy atom. The summed E-state index contributed by atoms with van der Waals surface area (Å²) in [5, 5.41) is 27.5. The number of hydrogen-bond donors (Lipinski definition) is 4. The summed E-state index contributed by atoms with van der Waals surface area (Å²) in [6, 6.07) is 5.52. The van der Waals surface area contributed by atoms with Crippen LogP contribution in [0.25, 0.3) is 0 Å². The molecule has 0 unspecified atom stereocenters. The maximum absolute atomic E-state index is 10.2. The maximum Gasteiger partial charge on any atom is 0.409 e. The number of anilines is 2. The highest BCUT2D eigenvalue weighted by Gasteiger charge is 2.00. The number of nitrogens with zero attached hydrogens (tertiary/aromatic N) is 1. The Hall–Kier alpha value is -1.79. The molecule has 1 amide bonds. The molecule has 0 aliphatic heterocycles. The summed E-state index contributed by atoms with van der Waals surface area (Å²) in [6.07, 6.45) is -1.17. The van der Waals surface area contributed by atoms with Crippen molar-refractivity contribution in [1.29, 1.82) is 0 Å². The molecule has 4 N–H and O–H groups in total. The van der Waals surface area contributed by atoms with E-state index in [0.717, 1.165) is 0 Å². The highest BCUT2D eigenvalue weighted by molar-refractivity contribution is 5.83. The van der Waals surface area contributed by atoms with Crippen LogP contribution in [-0.2, 0) is 0 Å². The first-order chi connectivity index (χ1) is 6.09. The Bertz CT molecular complexity index is 296. The molecule has 0 radical (unpaired) electrons. The van der Waals surface area contributed by atoms with Gasteiger partial charge in [0.05, 0.1) is 5.69 Å². The quantitative estimate of drug-likeness (QED) is 0.521. The Labute approximate surface area is 73.6 Å². The van der Waals surface area contributed by atoms with Crippen molar-refractivity contribution in [2.45, 2.75) is 0 Å². The number of carbonyl (C=O) groups is 1. The van der Waals surface area contributed by atoms with Crippen LogP contribution < -0.4 is 10.5 Å². The average molecular weight is 184 g/mol. The molecule has 6 heteroatoms. The molecule has 0 heterocycles. The minimum absolute atomic E-state index is 0.0510. The first-order valence-corrected chi connectivity index (χ1v) is 3.37. The Kier molecular flexibility index (Phi) is 2.68. The van der Waals surface area contributed by atoms with Crippen molar-refractivity contribution in [3.8, 4) is 0 Å². The minimum atomic E-state index is -1.17. The summed E-state index contributed by atoms with van der Waals surface area (Å²) in [4.78, 5) is 10.2. The lowest BCUT2D eigenvalue weighted by molar-refractivity contribution is 0.0292. The summed E-state index contributed by atoms with van der Waals surface area (Å²) in [7, 11) is 0. The van der Waals surface area contributed by atoms with E-state index in [9.17, 15) is 4.79 Å². The molecule has 6 nitrogen and oxygen atoms in total. The van der Waals surface area contributed by atoms with Crippen LogP contribution in [0.5, 0.6) is 0 Å². The summed E-state index contributed by atoms with van der Waals surface area (Å²) in [5.74, 6) is 0. The maximum atomic E-state index is 10.2. The van der Waals surface area contributed by atoms with E-state index in [1.165, 1.54) is 24.3 Å². The second kappa shape index (κ2) is 3.74. The molecule has 0 aromatic heterocycles. The molecule has 1 aromatic rings. The third kappa shape index (κ3) is 2.62. The third-order valence-corrected chi connectivity index (χ3v) is 1.35. The van der Waals surface area contributed by atoms with Gasteiger partial charge in [0, 0.05) is 5.69 Å². The topological polar surface area (TPSA) is 93.0 Å². The molecule has 0 saturated heterocycles. The fraction of sp³-hybridized carbons (Fsp3) is 0. The van der Waals surface area contributed by atoms with E-state index in [1.54, 1.807) is 0 Å². The van der Waals surface area contributed by atoms with Gasteiger partial charge in [0.1, 0.15) is 0 Å². The first kappa shape index (κ1) is 9.30. The number of carboxylic acid groups (broad SMARTS) is 1. The zero-order valence-electron chi connectivity index (χ0n) is 6.51. The van der Waals surface area contributed by atoms with Gasteiger partial charge in [-0.05, 0) is 24.3 Å². The van der Waals surface area contributed by atoms with Gasteiger partial charge in [0.15, 0.2) is 0 Å². The summed E-state index contributed by atoms with van der Waals surface area (Å²) < 4.78 is 0. The standard InChI is InChI=1S/C7H8N2O4/c10-7(11)8-5-1-3-6(4-2-5)9(12)13/h1-4,8,12-13H,(H,10,11). The van der Waals surface area contributed by atoms with Gasteiger partial charge in [-0.25, -0.2) is 4.79 Å². The van der Waals surface area contributed by atoms with Gasteiger partial charge in [-0.1, -0.05) is 0 Å². The number of rotatable bonds is 2. The molecule has 0 spiro atoms. The predicted molar refractivity (Wildman–Crippen MR) is 44.1 cm³/mol. The Balaban J connectivity index is 2.75. The smallest absolute Gasteiger partial charge is 0.409 e. The fourth-order valence-corrected chi connectivity index (χ4v) is 0.802. The van der Waals surface area contributed by atoms with Crippen LogP contribution in [0.4, 0.5) is 16.2 Å². The molecular weight excluding hydrogens is 176 g/mol. The van der Waals surface area contributed by atoms with E-state index in [0.29, 0.717) is 5.69 Å². The number of hydrogen-bond acceptors (Lipinski definition) is 4. The largest absolute Gasteiger partial charge is 0.465 e. The van der Waals surface area contributed by atoms with Crippen LogP contribution in [0.3, 0.4) is 0 Å². The Morgan fingerprint density at radius 3 is 2.15 bits per heavy atom. The van der Waals surface area contributed by atoms with Crippen LogP contribution in [-0.4, -0.2) is 21.6 Å². The zero-order chi connectivity index (χ0) is 9.84. The second-order valence-electron chi connectivity index (χ2n) is 2.27. The van der Waals surface area contributed by atoms with Gasteiger partial charge in [-0.2, -0.15) is 0 Å². The van der Waals surface area contributed by atoms with Gasteiger partial charge in [-0.15, -0.1) is 5.23 Å². The molecular formula is C7H8N2O4. The van der Waals surface area contributed by atoms with Crippen molar-refractivity contribution in [2.75, 3.05) is 10.5 Å². The van der Waals surface area contributed by atoms with Crippen molar-refractivity contribution in [3.63, 3.8) is 0 Å². The van der Waals surface area contributed by atoms with Gasteiger partial charge >= 0.3 is 6.09 Å². The number of amides is 1. The van der Waals surface area contributed by atoms with Crippen LogP contribution >= 0.6 is 0 Å². The van der Waals surface area contributed by atoms with Crippen molar-refractivity contribution in [1.82, 2.24) is 0 Å². The first-order valence-electron chi connectivity index (χ1n) is 3.37. The van der Waals surface area contributed by atoms with E-state index in [2.05, 4.69) is 5.32 Å². The third-order valence-electron chi connectivity index (χ3n) is 1.35. The van der Waals surface area contributed by atoms with Gasteiger partial charge < -0.3 is 5.11 Å². The molecule has 0 aliphatic rings. The number of nitrogens with one attached hydrogen (secondary N) is 1. The molecule has 70 valence electrons. The lowest BCUT2D eigenvalue weighted by atomic mass is 10.3. The van der Waals surface area contributed by atoms with E-state index >= 15 is 0 Å². The molecule has 1 aromatic carbocycles. The molecule has 1 rings (SSSR count). The van der Waals surface area contributed by atoms with E-state index in [-0.39, 0.29) is 10.9 Å². The lowest BCUT2D eigenvalue weighted by Gasteiger charge is -2.07. The monoisotopic (exact) mass is 184 g/mol. The van der Waals surface area contributed by atoms with Crippen molar-refractivity contribution >= 4 is 17.5 Å². The van der Waals surface area contributed by atoms with Gasteiger partial charge in [0.25, 0.3) is 0 Å². The highest BCUT2D eigenvalue weighted by atomic mass is 16.8. The van der Waals surface area contributed by atoms with Crippen LogP contribution in [0, 0.1) is 0 Å². The molecule has 0 aliphatic carbocycles. The van der Waals surface area contributed by atoms with Crippen LogP contribution in [0.1, 0.15) is 0 Å². The normalized spacial score (nSPS) is 9.38. The van der Waals surface area contributed by atoms with Crippen LogP contribution in [0.2, 0.25) is 0 Å². The van der Waals surface area contributed by atoms with Gasteiger partial charge in [-0.3, -0.25) is 15.7 Å². The SMILES string of the molecule is O=C(O)Nc1ccc(N(O)O)cc1. The number of benzene rings is 1. The zero-order valence-corrected chi connectivity index (χ0v) is 6.51. The van der Waals surface area contributed by atoms with Crippen LogP contribution in [0.15, 0.2) is 24.3 Å². The van der Waals surface area contributed by atoms with E-state index < -0.39 is 6.09 Å². The van der Waals surface area contributed by atoms with Gasteiger partial charge in [0.2, 0.25) is 0 Å². The lowest BCUT2D eigenvalue weighted by Crippen LogP contribution is -2.11. The summed E-state index contributed by atoms with van der Waals surface area (Å²) >= 11 is 0. The van der Waals surface area contributed by atoms with E-state index in [4.69, 9.17) is 15.5 Å². The minimum Gasteiger partial charge on any atom is -0.465 e. The van der Waals surface area contributed by atoms with E-state index in [1.807, 2.05) is 0 Å². The van der Waals surface area contributed by atoms with Crippen molar-refractivity contribution in [3.05, 3.63) is 24.3 Å². The molecule has 0 bridgehead atoms. The molecule has 0 atom stereocenters.